The van der Waals surface area contributed by atoms with E-state index in [0.29, 0.717) is 37.3 Å². The van der Waals surface area contributed by atoms with Crippen molar-refractivity contribution < 1.29 is 14.4 Å². The minimum Gasteiger partial charge on any atom is -0.341 e. The van der Waals surface area contributed by atoms with E-state index in [9.17, 15) is 14.4 Å². The van der Waals surface area contributed by atoms with Gasteiger partial charge in [-0.25, -0.2) is 4.79 Å². The van der Waals surface area contributed by atoms with E-state index >= 15 is 0 Å². The molecule has 0 saturated carbocycles. The lowest BCUT2D eigenvalue weighted by Gasteiger charge is -2.31. The van der Waals surface area contributed by atoms with Gasteiger partial charge in [-0.1, -0.05) is 6.07 Å². The summed E-state index contributed by atoms with van der Waals surface area (Å²) in [5.41, 5.74) is 1.33. The minimum atomic E-state index is -0.296. The molecule has 1 fully saturated rings. The fourth-order valence-corrected chi connectivity index (χ4v) is 3.67. The van der Waals surface area contributed by atoms with Gasteiger partial charge in [0.2, 0.25) is 5.91 Å². The quantitative estimate of drug-likeness (QED) is 0.754. The molecule has 0 spiro atoms. The number of anilines is 2. The summed E-state index contributed by atoms with van der Waals surface area (Å²) in [4.78, 5) is 38.7. The molecular formula is C19H22N4O3S. The largest absolute Gasteiger partial charge is 0.341 e. The smallest absolute Gasteiger partial charge is 0.318 e. The molecule has 1 aromatic heterocycles. The third-order valence-electron chi connectivity index (χ3n) is 4.52. The van der Waals surface area contributed by atoms with Gasteiger partial charge in [0, 0.05) is 37.4 Å². The zero-order valence-corrected chi connectivity index (χ0v) is 15.8. The van der Waals surface area contributed by atoms with Gasteiger partial charge in [0.05, 0.1) is 4.88 Å². The fourth-order valence-electron chi connectivity index (χ4n) is 2.98. The van der Waals surface area contributed by atoms with E-state index in [2.05, 4.69) is 16.0 Å². The third kappa shape index (κ3) is 4.85. The van der Waals surface area contributed by atoms with E-state index in [-0.39, 0.29) is 23.8 Å². The molecule has 8 heteroatoms. The van der Waals surface area contributed by atoms with Crippen molar-refractivity contribution in [3.8, 4) is 0 Å². The van der Waals surface area contributed by atoms with Crippen LogP contribution in [0.5, 0.6) is 0 Å². The van der Waals surface area contributed by atoms with E-state index < -0.39 is 0 Å². The Balaban J connectivity index is 1.49. The Morgan fingerprint density at radius 3 is 2.19 bits per heavy atom. The highest BCUT2D eigenvalue weighted by Gasteiger charge is 2.28. The molecular weight excluding hydrogens is 364 g/mol. The number of rotatable bonds is 4. The molecule has 142 valence electrons. The molecule has 1 aromatic carbocycles. The lowest BCUT2D eigenvalue weighted by Crippen LogP contribution is -2.41. The fraction of sp³-hybridized carbons (Fsp3) is 0.316. The van der Waals surface area contributed by atoms with Crippen molar-refractivity contribution >= 4 is 40.6 Å². The third-order valence-corrected chi connectivity index (χ3v) is 5.38. The highest BCUT2D eigenvalue weighted by molar-refractivity contribution is 7.12. The summed E-state index contributed by atoms with van der Waals surface area (Å²) in [6, 6.07) is 10.4. The number of amides is 4. The Bertz CT molecular complexity index is 797. The second kappa shape index (κ2) is 8.68. The van der Waals surface area contributed by atoms with Crippen molar-refractivity contribution in [1.29, 1.82) is 0 Å². The van der Waals surface area contributed by atoms with Crippen LogP contribution in [0.1, 0.15) is 22.5 Å². The van der Waals surface area contributed by atoms with E-state index in [0.717, 1.165) is 4.88 Å². The van der Waals surface area contributed by atoms with Crippen molar-refractivity contribution in [1.82, 2.24) is 10.2 Å². The van der Waals surface area contributed by atoms with Crippen molar-refractivity contribution in [2.45, 2.75) is 12.8 Å². The summed E-state index contributed by atoms with van der Waals surface area (Å²) in [7, 11) is 1.54. The number of nitrogens with zero attached hydrogens (tertiary/aromatic N) is 1. The van der Waals surface area contributed by atoms with Crippen molar-refractivity contribution in [3.63, 3.8) is 0 Å². The van der Waals surface area contributed by atoms with Crippen molar-refractivity contribution in [3.05, 3.63) is 46.7 Å². The molecule has 0 atom stereocenters. The molecule has 2 heterocycles. The van der Waals surface area contributed by atoms with Crippen molar-refractivity contribution in [2.24, 2.45) is 5.92 Å². The summed E-state index contributed by atoms with van der Waals surface area (Å²) in [6.07, 6.45) is 1.30. The summed E-state index contributed by atoms with van der Waals surface area (Å²) in [5, 5.41) is 9.94. The molecule has 0 aliphatic carbocycles. The molecule has 0 bridgehead atoms. The van der Waals surface area contributed by atoms with Gasteiger partial charge in [0.15, 0.2) is 0 Å². The van der Waals surface area contributed by atoms with E-state index in [1.165, 1.54) is 11.3 Å². The number of hydrogen-bond acceptors (Lipinski definition) is 4. The Morgan fingerprint density at radius 2 is 1.63 bits per heavy atom. The number of likely N-dealkylation sites (tertiary alicyclic amines) is 1. The Hall–Kier alpha value is -2.87. The van der Waals surface area contributed by atoms with E-state index in [1.54, 1.807) is 31.3 Å². The first-order valence-corrected chi connectivity index (χ1v) is 9.67. The second-order valence-electron chi connectivity index (χ2n) is 6.31. The average Bonchev–Trinajstić information content (AvgIpc) is 3.23. The zero-order valence-electron chi connectivity index (χ0n) is 15.0. The van der Waals surface area contributed by atoms with Gasteiger partial charge in [-0.15, -0.1) is 11.3 Å². The highest BCUT2D eigenvalue weighted by atomic mass is 32.1. The van der Waals surface area contributed by atoms with Gasteiger partial charge < -0.3 is 20.9 Å². The predicted octanol–water partition coefficient (Wildman–Crippen LogP) is 2.99. The molecule has 3 N–H and O–H groups in total. The maximum atomic E-state index is 12.5. The molecule has 2 aromatic rings. The second-order valence-corrected chi connectivity index (χ2v) is 7.26. The number of hydrogen-bond donors (Lipinski definition) is 3. The van der Waals surface area contributed by atoms with Crippen LogP contribution in [0.2, 0.25) is 0 Å². The molecule has 1 aliphatic rings. The van der Waals surface area contributed by atoms with Gasteiger partial charge in [-0.05, 0) is 48.6 Å². The van der Waals surface area contributed by atoms with Crippen LogP contribution >= 0.6 is 11.3 Å². The van der Waals surface area contributed by atoms with Gasteiger partial charge in [-0.2, -0.15) is 0 Å². The number of carbonyl (C=O) groups is 3. The molecule has 7 nitrogen and oxygen atoms in total. The lowest BCUT2D eigenvalue weighted by molar-refractivity contribution is -0.121. The number of nitrogens with one attached hydrogen (secondary N) is 3. The number of carbonyl (C=O) groups excluding carboxylic acids is 3. The Kier molecular flexibility index (Phi) is 6.08. The molecule has 0 unspecified atom stereocenters. The first-order valence-electron chi connectivity index (χ1n) is 8.79. The van der Waals surface area contributed by atoms with Crippen LogP contribution in [-0.4, -0.2) is 42.9 Å². The van der Waals surface area contributed by atoms with E-state index in [1.807, 2.05) is 22.4 Å². The van der Waals surface area contributed by atoms with Gasteiger partial charge in [0.25, 0.3) is 5.91 Å². The monoisotopic (exact) mass is 386 g/mol. The molecule has 4 amide bonds. The minimum absolute atomic E-state index is 0.0368. The van der Waals surface area contributed by atoms with Crippen LogP contribution in [0.4, 0.5) is 16.2 Å². The van der Waals surface area contributed by atoms with Gasteiger partial charge >= 0.3 is 6.03 Å². The summed E-state index contributed by atoms with van der Waals surface area (Å²) in [5.74, 6) is -0.102. The predicted molar refractivity (Wildman–Crippen MR) is 106 cm³/mol. The van der Waals surface area contributed by atoms with Crippen LogP contribution in [0.25, 0.3) is 0 Å². The van der Waals surface area contributed by atoms with Gasteiger partial charge in [-0.3, -0.25) is 9.59 Å². The number of piperidine rings is 1. The molecule has 1 saturated heterocycles. The van der Waals surface area contributed by atoms with Crippen LogP contribution in [0, 0.1) is 5.92 Å². The summed E-state index contributed by atoms with van der Waals surface area (Å²) in [6.45, 7) is 1.17. The van der Waals surface area contributed by atoms with E-state index in [4.69, 9.17) is 0 Å². The standard InChI is InChI=1S/C19H22N4O3S/c1-20-19(26)22-15-6-4-14(5-7-15)21-17(24)13-8-10-23(11-9-13)18(25)16-3-2-12-27-16/h2-7,12-13H,8-11H2,1H3,(H,21,24)(H2,20,22,26). The Morgan fingerprint density at radius 1 is 1.00 bits per heavy atom. The topological polar surface area (TPSA) is 90.5 Å². The average molecular weight is 386 g/mol. The zero-order chi connectivity index (χ0) is 19.2. The lowest BCUT2D eigenvalue weighted by atomic mass is 9.95. The normalized spacial score (nSPS) is 14.5. The first-order chi connectivity index (χ1) is 13.1. The number of benzene rings is 1. The van der Waals surface area contributed by atoms with Crippen molar-refractivity contribution in [2.75, 3.05) is 30.8 Å². The van der Waals surface area contributed by atoms with Crippen LogP contribution in [0.3, 0.4) is 0 Å². The van der Waals surface area contributed by atoms with Crippen LogP contribution in [-0.2, 0) is 4.79 Å². The Labute approximate surface area is 161 Å². The van der Waals surface area contributed by atoms with Crippen LogP contribution in [0.15, 0.2) is 41.8 Å². The molecule has 3 rings (SSSR count). The highest BCUT2D eigenvalue weighted by Crippen LogP contribution is 2.22. The molecule has 1 aliphatic heterocycles. The SMILES string of the molecule is CNC(=O)Nc1ccc(NC(=O)C2CCN(C(=O)c3cccs3)CC2)cc1. The first kappa shape index (κ1) is 18.9. The summed E-state index contributed by atoms with van der Waals surface area (Å²) < 4.78 is 0. The van der Waals surface area contributed by atoms with Gasteiger partial charge in [0.1, 0.15) is 0 Å². The number of thiophene rings is 1. The maximum absolute atomic E-state index is 12.5. The van der Waals surface area contributed by atoms with Crippen LogP contribution < -0.4 is 16.0 Å². The maximum Gasteiger partial charge on any atom is 0.318 e. The number of urea groups is 1. The molecule has 27 heavy (non-hydrogen) atoms. The summed E-state index contributed by atoms with van der Waals surface area (Å²) >= 11 is 1.44. The molecule has 0 radical (unpaired) electrons.